The van der Waals surface area contributed by atoms with Crippen LogP contribution in [0.4, 0.5) is 0 Å². The van der Waals surface area contributed by atoms with Crippen molar-refractivity contribution < 1.29 is 23.8 Å². The Morgan fingerprint density at radius 1 is 0.844 bits per heavy atom. The van der Waals surface area contributed by atoms with E-state index in [4.69, 9.17) is 24.7 Å². The van der Waals surface area contributed by atoms with Crippen LogP contribution in [0.2, 0.25) is 0 Å². The Balaban J connectivity index is 1.53. The van der Waals surface area contributed by atoms with Gasteiger partial charge in [-0.1, -0.05) is 0 Å². The van der Waals surface area contributed by atoms with Gasteiger partial charge < -0.3 is 23.8 Å². The van der Waals surface area contributed by atoms with Crippen molar-refractivity contribution in [3.05, 3.63) is 0 Å². The maximum Gasteiger partial charge on any atom is 0.155 e. The van der Waals surface area contributed by atoms with Crippen molar-refractivity contribution in [3.8, 4) is 6.07 Å². The van der Waals surface area contributed by atoms with Gasteiger partial charge in [-0.15, -0.1) is 0 Å². The summed E-state index contributed by atoms with van der Waals surface area (Å²) < 4.78 is 23.4. The van der Waals surface area contributed by atoms with Crippen molar-refractivity contribution in [2.24, 2.45) is 35.3 Å². The normalized spacial score (nSPS) is 49.0. The van der Waals surface area contributed by atoms with Gasteiger partial charge in [0.2, 0.25) is 0 Å². The highest BCUT2D eigenvalue weighted by molar-refractivity contribution is 5.02. The minimum absolute atomic E-state index is 0.0857. The molecule has 182 valence electrons. The molecule has 0 spiro atoms. The third-order valence-electron chi connectivity index (χ3n) is 9.47. The summed E-state index contributed by atoms with van der Waals surface area (Å²) in [6, 6.07) is 3.16. The summed E-state index contributed by atoms with van der Waals surface area (Å²) in [6.07, 6.45) is 8.01. The van der Waals surface area contributed by atoms with E-state index in [1.165, 1.54) is 11.3 Å². The number of nitrogens with one attached hydrogen (secondary N) is 1. The monoisotopic (exact) mass is 450 g/mol. The van der Waals surface area contributed by atoms with Crippen molar-refractivity contribution in [2.45, 2.75) is 88.5 Å². The fourth-order valence-electron chi connectivity index (χ4n) is 7.88. The van der Waals surface area contributed by atoms with E-state index in [0.717, 1.165) is 51.7 Å². The fourth-order valence-corrected chi connectivity index (χ4v) is 7.88. The lowest BCUT2D eigenvalue weighted by Gasteiger charge is -2.55. The predicted molar refractivity (Wildman–Crippen MR) is 121 cm³/mol. The van der Waals surface area contributed by atoms with Gasteiger partial charge in [0.25, 0.3) is 0 Å². The van der Waals surface area contributed by atoms with Gasteiger partial charge in [0.05, 0.1) is 43.1 Å². The van der Waals surface area contributed by atoms with E-state index < -0.39 is 0 Å². The van der Waals surface area contributed by atoms with Crippen molar-refractivity contribution in [2.75, 3.05) is 34.5 Å². The summed E-state index contributed by atoms with van der Waals surface area (Å²) in [7, 11) is 5.42. The SMILES string of the molecule is CCOC1CCC(C2CC3C4CC(OC)C(OC)CC4CC[NH+]3C(N)C2C#N)CC1OC. The van der Waals surface area contributed by atoms with Gasteiger partial charge in [0.1, 0.15) is 5.92 Å². The second kappa shape index (κ2) is 10.7. The average molecular weight is 451 g/mol. The second-order valence-corrected chi connectivity index (χ2v) is 10.6. The maximum atomic E-state index is 10.2. The molecule has 32 heavy (non-hydrogen) atoms. The Bertz CT molecular complexity index is 658. The number of ether oxygens (including phenoxy) is 4. The number of hydrogen-bond donors (Lipinski definition) is 2. The lowest BCUT2D eigenvalue weighted by Crippen LogP contribution is -3.24. The number of piperidine rings is 2. The Hall–Kier alpha value is -0.750. The summed E-state index contributed by atoms with van der Waals surface area (Å²) in [5.41, 5.74) is 6.85. The third-order valence-corrected chi connectivity index (χ3v) is 9.47. The number of nitrogens with two attached hydrogens (primary N) is 1. The van der Waals surface area contributed by atoms with Gasteiger partial charge in [-0.2, -0.15) is 5.26 Å². The van der Waals surface area contributed by atoms with Crippen molar-refractivity contribution in [1.29, 1.82) is 5.26 Å². The first-order chi connectivity index (χ1) is 15.6. The zero-order valence-electron chi connectivity index (χ0n) is 20.4. The number of methoxy groups -OCH3 is 3. The van der Waals surface area contributed by atoms with Crippen molar-refractivity contribution in [1.82, 2.24) is 0 Å². The van der Waals surface area contributed by atoms with Crippen LogP contribution in [0.1, 0.15) is 51.9 Å². The first kappa shape index (κ1) is 24.4. The zero-order chi connectivity index (χ0) is 22.8. The Kier molecular flexibility index (Phi) is 8.13. The first-order valence-corrected chi connectivity index (χ1v) is 12.8. The molecule has 2 heterocycles. The molecule has 3 N–H and O–H groups in total. The first-order valence-electron chi connectivity index (χ1n) is 12.8. The molecule has 0 aromatic rings. The van der Waals surface area contributed by atoms with E-state index in [9.17, 15) is 5.26 Å². The van der Waals surface area contributed by atoms with E-state index in [1.807, 2.05) is 21.1 Å². The lowest BCUT2D eigenvalue weighted by molar-refractivity contribution is -0.970. The van der Waals surface area contributed by atoms with Gasteiger partial charge in [0, 0.05) is 40.3 Å². The lowest BCUT2D eigenvalue weighted by atomic mass is 9.61. The maximum absolute atomic E-state index is 10.2. The standard InChI is InChI=1S/C25H43N3O4/c1-5-32-21-7-6-15(10-22(21)29-2)17-12-20-18-13-24(31-4)23(30-3)11-16(18)8-9-28(20)25(27)19(17)14-26/h15-25H,5-13,27H2,1-4H3/p+1. The van der Waals surface area contributed by atoms with Crippen molar-refractivity contribution >= 4 is 0 Å². The summed E-state index contributed by atoms with van der Waals surface area (Å²) in [4.78, 5) is 1.46. The predicted octanol–water partition coefficient (Wildman–Crippen LogP) is 1.36. The van der Waals surface area contributed by atoms with E-state index in [-0.39, 0.29) is 36.5 Å². The molecule has 7 nitrogen and oxygen atoms in total. The zero-order valence-corrected chi connectivity index (χ0v) is 20.4. The molecular weight excluding hydrogens is 406 g/mol. The molecule has 0 amide bonds. The molecule has 2 aliphatic carbocycles. The fraction of sp³-hybridized carbons (Fsp3) is 0.960. The minimum atomic E-state index is -0.101. The number of rotatable bonds is 6. The smallest absolute Gasteiger partial charge is 0.155 e. The molecule has 0 radical (unpaired) electrons. The van der Waals surface area contributed by atoms with Crippen LogP contribution >= 0.6 is 0 Å². The Morgan fingerprint density at radius 2 is 1.47 bits per heavy atom. The van der Waals surface area contributed by atoms with Gasteiger partial charge in [-0.3, -0.25) is 5.73 Å². The molecule has 12 atom stereocenters. The van der Waals surface area contributed by atoms with E-state index in [0.29, 0.717) is 29.7 Å². The van der Waals surface area contributed by atoms with E-state index in [1.54, 1.807) is 7.11 Å². The molecule has 2 aliphatic heterocycles. The van der Waals surface area contributed by atoms with Crippen LogP contribution in [0.25, 0.3) is 0 Å². The molecule has 4 rings (SSSR count). The van der Waals surface area contributed by atoms with Gasteiger partial charge >= 0.3 is 0 Å². The van der Waals surface area contributed by atoms with Gasteiger partial charge in [-0.25, -0.2) is 0 Å². The molecule has 2 saturated carbocycles. The van der Waals surface area contributed by atoms with E-state index in [2.05, 4.69) is 6.07 Å². The molecule has 0 aromatic heterocycles. The highest BCUT2D eigenvalue weighted by atomic mass is 16.5. The van der Waals surface area contributed by atoms with Crippen molar-refractivity contribution in [3.63, 3.8) is 0 Å². The topological polar surface area (TPSA) is 91.2 Å². The highest BCUT2D eigenvalue weighted by Crippen LogP contribution is 2.45. The Labute approximate surface area is 193 Å². The molecule has 12 unspecified atom stereocenters. The quantitative estimate of drug-likeness (QED) is 0.635. The van der Waals surface area contributed by atoms with Crippen LogP contribution in [-0.4, -0.2) is 71.1 Å². The number of fused-ring (bicyclic) bond motifs is 3. The number of nitrogens with zero attached hydrogens (tertiary/aromatic N) is 1. The number of quaternary nitrogens is 1. The van der Waals surface area contributed by atoms with Crippen LogP contribution in [0.3, 0.4) is 0 Å². The van der Waals surface area contributed by atoms with Crippen LogP contribution in [0, 0.1) is 40.9 Å². The summed E-state index contributed by atoms with van der Waals surface area (Å²) in [6.45, 7) is 3.84. The minimum Gasteiger partial charge on any atom is -0.379 e. The summed E-state index contributed by atoms with van der Waals surface area (Å²) in [5, 5.41) is 10.2. The van der Waals surface area contributed by atoms with Crippen LogP contribution in [0.5, 0.6) is 0 Å². The second-order valence-electron chi connectivity index (χ2n) is 10.6. The molecular formula is C25H44N3O4+. The van der Waals surface area contributed by atoms with Crippen LogP contribution in [0.15, 0.2) is 0 Å². The molecule has 7 heteroatoms. The summed E-state index contributed by atoms with van der Waals surface area (Å²) in [5.74, 6) is 2.00. The third kappa shape index (κ3) is 4.47. The van der Waals surface area contributed by atoms with Crippen LogP contribution < -0.4 is 10.6 Å². The summed E-state index contributed by atoms with van der Waals surface area (Å²) >= 11 is 0. The highest BCUT2D eigenvalue weighted by Gasteiger charge is 2.56. The van der Waals surface area contributed by atoms with Crippen LogP contribution in [-0.2, 0) is 18.9 Å². The average Bonchev–Trinajstić information content (AvgIpc) is 2.83. The molecule has 0 bridgehead atoms. The largest absolute Gasteiger partial charge is 0.379 e. The molecule has 0 aromatic carbocycles. The molecule has 4 aliphatic rings. The number of nitriles is 1. The van der Waals surface area contributed by atoms with Gasteiger partial charge in [0.15, 0.2) is 6.17 Å². The number of hydrogen-bond acceptors (Lipinski definition) is 6. The Morgan fingerprint density at radius 3 is 2.09 bits per heavy atom. The molecule has 4 fully saturated rings. The molecule has 2 saturated heterocycles. The van der Waals surface area contributed by atoms with Gasteiger partial charge in [-0.05, 0) is 63.2 Å². The van der Waals surface area contributed by atoms with E-state index >= 15 is 0 Å².